The Bertz CT molecular complexity index is 1290. The van der Waals surface area contributed by atoms with Gasteiger partial charge in [0.2, 0.25) is 0 Å². The van der Waals surface area contributed by atoms with Crippen LogP contribution in [0.15, 0.2) is 77.6 Å². The van der Waals surface area contributed by atoms with E-state index in [1.54, 1.807) is 12.1 Å². The summed E-state index contributed by atoms with van der Waals surface area (Å²) in [6.45, 7) is 10.9. The van der Waals surface area contributed by atoms with Crippen molar-refractivity contribution in [3.8, 4) is 5.75 Å². The highest BCUT2D eigenvalue weighted by Gasteiger charge is 2.26. The van der Waals surface area contributed by atoms with Crippen LogP contribution in [0.1, 0.15) is 92.7 Å². The lowest BCUT2D eigenvalue weighted by atomic mass is 9.56. The van der Waals surface area contributed by atoms with E-state index >= 15 is 0 Å². The van der Waals surface area contributed by atoms with Gasteiger partial charge in [-0.25, -0.2) is 4.79 Å². The monoisotopic (exact) mass is 494 g/mol. The van der Waals surface area contributed by atoms with Crippen LogP contribution in [0, 0.1) is 12.8 Å². The second kappa shape index (κ2) is 11.9. The molecule has 2 atom stereocenters. The molecule has 0 amide bonds. The number of hydrogen-bond donors (Lipinski definition) is 1. The van der Waals surface area contributed by atoms with E-state index in [0.717, 1.165) is 47.4 Å². The maximum absolute atomic E-state index is 11.8. The normalized spacial score (nSPS) is 22.2. The fraction of sp³-hybridized carbons (Fsp3) is 0.364. The van der Waals surface area contributed by atoms with Crippen molar-refractivity contribution >= 4 is 24.3 Å². The van der Waals surface area contributed by atoms with E-state index in [1.165, 1.54) is 35.1 Å². The predicted molar refractivity (Wildman–Crippen MR) is 156 cm³/mol. The van der Waals surface area contributed by atoms with Crippen LogP contribution in [0.4, 0.5) is 0 Å². The third-order valence-corrected chi connectivity index (χ3v) is 7.56. The number of hydrogen-bond acceptors (Lipinski definition) is 2. The molecule has 1 heterocycles. The van der Waals surface area contributed by atoms with Gasteiger partial charge in [0.15, 0.2) is 7.28 Å². The number of carboxylic acids is 1. The van der Waals surface area contributed by atoms with Crippen LogP contribution in [-0.2, 0) is 0 Å². The molecule has 3 nitrogen and oxygen atoms in total. The van der Waals surface area contributed by atoms with E-state index in [1.807, 2.05) is 12.1 Å². The molecule has 192 valence electrons. The van der Waals surface area contributed by atoms with Gasteiger partial charge in [-0.1, -0.05) is 74.3 Å². The Morgan fingerprint density at radius 1 is 1.19 bits per heavy atom. The molecule has 0 saturated carbocycles. The Morgan fingerprint density at radius 2 is 1.97 bits per heavy atom. The summed E-state index contributed by atoms with van der Waals surface area (Å²) in [7, 11) is 0.635. The van der Waals surface area contributed by atoms with Crippen LogP contribution < -0.4 is 10.2 Å². The number of aryl methyl sites for hydroxylation is 1. The van der Waals surface area contributed by atoms with Gasteiger partial charge in [0, 0.05) is 5.56 Å². The molecular weight excluding hydrogens is 455 g/mol. The quantitative estimate of drug-likeness (QED) is 0.402. The summed E-state index contributed by atoms with van der Waals surface area (Å²) in [6.07, 6.45) is 14.7. The molecule has 2 aliphatic rings. The molecule has 0 bridgehead atoms. The summed E-state index contributed by atoms with van der Waals surface area (Å²) in [5.74, 6) is 1.72. The third-order valence-electron chi connectivity index (χ3n) is 7.56. The molecule has 0 aromatic heterocycles. The van der Waals surface area contributed by atoms with Crippen LogP contribution >= 0.6 is 0 Å². The molecule has 4 rings (SSSR count). The highest BCUT2D eigenvalue weighted by atomic mass is 16.5. The van der Waals surface area contributed by atoms with Crippen molar-refractivity contribution in [3.05, 3.63) is 99.9 Å². The number of aromatic carboxylic acids is 1. The van der Waals surface area contributed by atoms with Crippen molar-refractivity contribution in [1.29, 1.82) is 0 Å². The van der Waals surface area contributed by atoms with Crippen LogP contribution in [0.25, 0.3) is 5.57 Å². The zero-order valence-electron chi connectivity index (χ0n) is 22.9. The summed E-state index contributed by atoms with van der Waals surface area (Å²) in [5, 5.41) is 9.70. The number of carbonyl (C=O) groups is 1. The summed E-state index contributed by atoms with van der Waals surface area (Å²) in [5.41, 5.74) is 8.43. The first-order valence-corrected chi connectivity index (χ1v) is 13.8. The number of benzene rings is 2. The average molecular weight is 494 g/mol. The molecule has 0 radical (unpaired) electrons. The van der Waals surface area contributed by atoms with Gasteiger partial charge in [0.05, 0.1) is 5.56 Å². The van der Waals surface area contributed by atoms with Gasteiger partial charge in [-0.05, 0) is 98.2 Å². The molecule has 1 N–H and O–H groups in total. The number of rotatable bonds is 7. The summed E-state index contributed by atoms with van der Waals surface area (Å²) in [6, 6.07) is 11.7. The van der Waals surface area contributed by atoms with Crippen molar-refractivity contribution in [2.45, 2.75) is 72.5 Å². The minimum absolute atomic E-state index is 0.0923. The highest BCUT2D eigenvalue weighted by Crippen LogP contribution is 2.43. The van der Waals surface area contributed by atoms with Crippen LogP contribution in [-0.4, -0.2) is 18.4 Å². The maximum Gasteiger partial charge on any atom is 0.335 e. The lowest BCUT2D eigenvalue weighted by Crippen LogP contribution is -2.27. The summed E-state index contributed by atoms with van der Waals surface area (Å²) >= 11 is 0. The zero-order valence-corrected chi connectivity index (χ0v) is 22.9. The SMILES string of the molecule is CC/C=C1C=C(/C2=C/C(C)=C\C(CC)CCC2)Oc2c/1cc(C)cc2C(C)Bc1ccccc1C(=O)O. The molecule has 2 unspecified atom stereocenters. The van der Waals surface area contributed by atoms with E-state index in [2.05, 4.69) is 71.1 Å². The van der Waals surface area contributed by atoms with Gasteiger partial charge >= 0.3 is 5.97 Å². The molecule has 37 heavy (non-hydrogen) atoms. The molecule has 0 spiro atoms. The third kappa shape index (κ3) is 6.18. The molecule has 1 aliphatic heterocycles. The fourth-order valence-electron chi connectivity index (χ4n) is 5.67. The van der Waals surface area contributed by atoms with E-state index in [0.29, 0.717) is 18.8 Å². The first kappa shape index (κ1) is 26.8. The molecule has 4 heteroatoms. The minimum Gasteiger partial charge on any atom is -0.478 e. The molecule has 0 fully saturated rings. The van der Waals surface area contributed by atoms with Gasteiger partial charge in [-0.3, -0.25) is 0 Å². The Labute approximate surface area is 222 Å². The topological polar surface area (TPSA) is 46.5 Å². The van der Waals surface area contributed by atoms with Crippen molar-refractivity contribution < 1.29 is 14.6 Å². The standard InChI is InChI=1S/C33H39BO3/c1-6-11-25-20-31(26-13-10-12-24(7-2)16-21(3)17-26)37-32-28(18-22(4)19-29(25)32)23(5)34-30-15-9-8-14-27(30)33(35)36/h8-9,11,14-20,23-24,34H,6-7,10,12-13H2,1-5H3,(H,35,36)/b21-16-,25-11-,26-17+. The average Bonchev–Trinajstić information content (AvgIpc) is 2.86. The zero-order chi connectivity index (χ0) is 26.5. The molecule has 2 aromatic rings. The second-order valence-electron chi connectivity index (χ2n) is 10.6. The van der Waals surface area contributed by atoms with Gasteiger partial charge in [-0.15, -0.1) is 0 Å². The lowest BCUT2D eigenvalue weighted by molar-refractivity contribution is 0.0698. The van der Waals surface area contributed by atoms with Crippen molar-refractivity contribution in [1.82, 2.24) is 0 Å². The van der Waals surface area contributed by atoms with Gasteiger partial charge < -0.3 is 9.84 Å². The van der Waals surface area contributed by atoms with Crippen molar-refractivity contribution in [3.63, 3.8) is 0 Å². The second-order valence-corrected chi connectivity index (χ2v) is 10.6. The highest BCUT2D eigenvalue weighted by molar-refractivity contribution is 6.56. The Morgan fingerprint density at radius 3 is 2.70 bits per heavy atom. The molecule has 0 saturated heterocycles. The van der Waals surface area contributed by atoms with Gasteiger partial charge in [0.1, 0.15) is 11.5 Å². The predicted octanol–water partition coefficient (Wildman–Crippen LogP) is 7.67. The smallest absolute Gasteiger partial charge is 0.335 e. The summed E-state index contributed by atoms with van der Waals surface area (Å²) in [4.78, 5) is 11.8. The lowest BCUT2D eigenvalue weighted by Gasteiger charge is -2.28. The molecular formula is C33H39BO3. The number of allylic oxidation sites excluding steroid dienone is 7. The van der Waals surface area contributed by atoms with Crippen LogP contribution in [0.3, 0.4) is 0 Å². The minimum atomic E-state index is -0.881. The number of carboxylic acid groups (broad SMARTS) is 1. The number of fused-ring (bicyclic) bond motifs is 1. The first-order chi connectivity index (χ1) is 17.8. The van der Waals surface area contributed by atoms with Gasteiger partial charge in [-0.2, -0.15) is 0 Å². The van der Waals surface area contributed by atoms with Crippen molar-refractivity contribution in [2.24, 2.45) is 5.92 Å². The first-order valence-electron chi connectivity index (χ1n) is 13.8. The van der Waals surface area contributed by atoms with E-state index in [9.17, 15) is 9.90 Å². The molecule has 1 aliphatic carbocycles. The van der Waals surface area contributed by atoms with E-state index in [4.69, 9.17) is 4.74 Å². The van der Waals surface area contributed by atoms with Crippen LogP contribution in [0.5, 0.6) is 5.75 Å². The van der Waals surface area contributed by atoms with Crippen molar-refractivity contribution in [2.75, 3.05) is 0 Å². The van der Waals surface area contributed by atoms with Gasteiger partial charge in [0.25, 0.3) is 0 Å². The number of ether oxygens (including phenoxy) is 1. The fourth-order valence-corrected chi connectivity index (χ4v) is 5.67. The van der Waals surface area contributed by atoms with E-state index in [-0.39, 0.29) is 5.82 Å². The Kier molecular flexibility index (Phi) is 8.58. The largest absolute Gasteiger partial charge is 0.478 e. The summed E-state index contributed by atoms with van der Waals surface area (Å²) < 4.78 is 6.78. The Balaban J connectivity index is 1.76. The maximum atomic E-state index is 11.8. The molecule has 2 aromatic carbocycles. The van der Waals surface area contributed by atoms with E-state index < -0.39 is 5.97 Å². The Hall–Kier alpha value is -3.27. The van der Waals surface area contributed by atoms with Crippen LogP contribution in [0.2, 0.25) is 0 Å².